The van der Waals surface area contributed by atoms with Gasteiger partial charge in [0.1, 0.15) is 0 Å². The smallest absolute Gasteiger partial charge is 0.255 e. The first kappa shape index (κ1) is 22.7. The van der Waals surface area contributed by atoms with Crippen LogP contribution < -0.4 is 5.32 Å². The van der Waals surface area contributed by atoms with Gasteiger partial charge < -0.3 is 10.2 Å². The maximum Gasteiger partial charge on any atom is 0.255 e. The Balaban J connectivity index is 1.69. The van der Waals surface area contributed by atoms with Crippen molar-refractivity contribution in [1.29, 1.82) is 0 Å². The summed E-state index contributed by atoms with van der Waals surface area (Å²) in [4.78, 5) is 32.8. The van der Waals surface area contributed by atoms with E-state index in [9.17, 15) is 9.59 Å². The molecule has 1 saturated heterocycles. The van der Waals surface area contributed by atoms with E-state index in [1.807, 2.05) is 49.1 Å². The van der Waals surface area contributed by atoms with Gasteiger partial charge in [0.05, 0.1) is 11.0 Å². The van der Waals surface area contributed by atoms with Gasteiger partial charge in [-0.2, -0.15) is 0 Å². The van der Waals surface area contributed by atoms with Gasteiger partial charge in [0.15, 0.2) is 0 Å². The third kappa shape index (κ3) is 5.14. The largest absolute Gasteiger partial charge is 0.353 e. The first-order valence-electron chi connectivity index (χ1n) is 11.6. The normalized spacial score (nSPS) is 18.2. The summed E-state index contributed by atoms with van der Waals surface area (Å²) < 4.78 is 0. The van der Waals surface area contributed by atoms with Crippen molar-refractivity contribution >= 4 is 11.8 Å². The Labute approximate surface area is 195 Å². The van der Waals surface area contributed by atoms with Crippen LogP contribution in [0.3, 0.4) is 0 Å². The van der Waals surface area contributed by atoms with Crippen molar-refractivity contribution < 1.29 is 9.59 Å². The molecule has 1 fully saturated rings. The van der Waals surface area contributed by atoms with Crippen molar-refractivity contribution in [3.05, 3.63) is 90.3 Å². The molecule has 5 nitrogen and oxygen atoms in total. The minimum atomic E-state index is -0.689. The van der Waals surface area contributed by atoms with E-state index in [4.69, 9.17) is 0 Å². The fourth-order valence-electron chi connectivity index (χ4n) is 4.74. The molecule has 1 aromatic heterocycles. The molecule has 170 valence electrons. The summed E-state index contributed by atoms with van der Waals surface area (Å²) in [7, 11) is 0. The van der Waals surface area contributed by atoms with E-state index in [1.165, 1.54) is 0 Å². The average Bonchev–Trinajstić information content (AvgIpc) is 2.85. The van der Waals surface area contributed by atoms with Gasteiger partial charge in [-0.25, -0.2) is 0 Å². The van der Waals surface area contributed by atoms with E-state index in [2.05, 4.69) is 34.6 Å². The highest BCUT2D eigenvalue weighted by atomic mass is 16.2. The van der Waals surface area contributed by atoms with Gasteiger partial charge in [-0.3, -0.25) is 14.6 Å². The monoisotopic (exact) mass is 441 g/mol. The Hall–Kier alpha value is -3.47. The highest BCUT2D eigenvalue weighted by molar-refractivity contribution is 5.95. The first-order valence-corrected chi connectivity index (χ1v) is 11.6. The fourth-order valence-corrected chi connectivity index (χ4v) is 4.74. The molecule has 4 rings (SSSR count). The quantitative estimate of drug-likeness (QED) is 0.601. The van der Waals surface area contributed by atoms with E-state index >= 15 is 0 Å². The number of carbonyl (C=O) groups excluding carboxylic acids is 2. The van der Waals surface area contributed by atoms with Gasteiger partial charge in [-0.1, -0.05) is 54.6 Å². The third-order valence-electron chi connectivity index (χ3n) is 6.31. The second kappa shape index (κ2) is 9.99. The summed E-state index contributed by atoms with van der Waals surface area (Å²) in [6.45, 7) is 4.99. The minimum Gasteiger partial charge on any atom is -0.353 e. The molecular formula is C28H31N3O2. The third-order valence-corrected chi connectivity index (χ3v) is 6.31. The van der Waals surface area contributed by atoms with Crippen LogP contribution in [-0.4, -0.2) is 40.8 Å². The van der Waals surface area contributed by atoms with Crippen molar-refractivity contribution in [2.45, 2.75) is 39.2 Å². The zero-order valence-electron chi connectivity index (χ0n) is 19.3. The van der Waals surface area contributed by atoms with Gasteiger partial charge in [0, 0.05) is 31.5 Å². The fraction of sp³-hybridized carbons (Fsp3) is 0.321. The summed E-state index contributed by atoms with van der Waals surface area (Å²) >= 11 is 0. The lowest BCUT2D eigenvalue weighted by Gasteiger charge is -2.42. The Morgan fingerprint density at radius 3 is 2.52 bits per heavy atom. The molecule has 1 aliphatic heterocycles. The predicted octanol–water partition coefficient (Wildman–Crippen LogP) is 4.74. The molecule has 0 radical (unpaired) electrons. The van der Waals surface area contributed by atoms with Gasteiger partial charge in [-0.15, -0.1) is 0 Å². The Bertz CT molecular complexity index is 1100. The van der Waals surface area contributed by atoms with Crippen LogP contribution in [0.4, 0.5) is 0 Å². The van der Waals surface area contributed by atoms with Crippen molar-refractivity contribution in [1.82, 2.24) is 15.2 Å². The number of aromatic nitrogens is 1. The second-order valence-corrected chi connectivity index (χ2v) is 9.18. The number of likely N-dealkylation sites (tertiary alicyclic amines) is 1. The summed E-state index contributed by atoms with van der Waals surface area (Å²) in [6.07, 6.45) is 5.36. The van der Waals surface area contributed by atoms with Crippen LogP contribution in [0.15, 0.2) is 79.1 Å². The second-order valence-electron chi connectivity index (χ2n) is 9.18. The molecule has 33 heavy (non-hydrogen) atoms. The lowest BCUT2D eigenvalue weighted by molar-refractivity contribution is -0.134. The molecule has 2 heterocycles. The van der Waals surface area contributed by atoms with Crippen LogP contribution in [0.1, 0.15) is 42.6 Å². The SMILES string of the molecule is CC(C)NC(=O)[C@@]1(Cc2ccccc2-c2ccccc2)CCCN(C(=O)c2cccnc2)C1. The van der Waals surface area contributed by atoms with E-state index in [0.717, 1.165) is 29.5 Å². The van der Waals surface area contributed by atoms with Crippen LogP contribution in [0.25, 0.3) is 11.1 Å². The zero-order chi connectivity index (χ0) is 23.3. The van der Waals surface area contributed by atoms with Gasteiger partial charge in [0.25, 0.3) is 5.91 Å². The van der Waals surface area contributed by atoms with Crippen molar-refractivity contribution in [2.75, 3.05) is 13.1 Å². The Morgan fingerprint density at radius 1 is 1.03 bits per heavy atom. The molecule has 2 amide bonds. The summed E-state index contributed by atoms with van der Waals surface area (Å²) in [5.41, 5.74) is 3.25. The van der Waals surface area contributed by atoms with E-state index in [-0.39, 0.29) is 17.9 Å². The summed E-state index contributed by atoms with van der Waals surface area (Å²) in [5.74, 6) is -0.0510. The molecule has 0 unspecified atom stereocenters. The predicted molar refractivity (Wildman–Crippen MR) is 131 cm³/mol. The molecule has 0 bridgehead atoms. The zero-order valence-corrected chi connectivity index (χ0v) is 19.3. The van der Waals surface area contributed by atoms with Crippen molar-refractivity contribution in [2.24, 2.45) is 5.41 Å². The number of pyridine rings is 1. The number of benzene rings is 2. The Kier molecular flexibility index (Phi) is 6.87. The van der Waals surface area contributed by atoms with Crippen LogP contribution >= 0.6 is 0 Å². The van der Waals surface area contributed by atoms with Crippen molar-refractivity contribution in [3.8, 4) is 11.1 Å². The van der Waals surface area contributed by atoms with E-state index in [0.29, 0.717) is 25.1 Å². The van der Waals surface area contributed by atoms with Crippen LogP contribution in [-0.2, 0) is 11.2 Å². The van der Waals surface area contributed by atoms with Crippen molar-refractivity contribution in [3.63, 3.8) is 0 Å². The van der Waals surface area contributed by atoms with Gasteiger partial charge in [0.2, 0.25) is 5.91 Å². The highest BCUT2D eigenvalue weighted by Gasteiger charge is 2.44. The molecule has 0 saturated carbocycles. The number of carbonyl (C=O) groups is 2. The molecular weight excluding hydrogens is 410 g/mol. The molecule has 1 N–H and O–H groups in total. The number of amides is 2. The minimum absolute atomic E-state index is 0.0176. The van der Waals surface area contributed by atoms with E-state index < -0.39 is 5.41 Å². The van der Waals surface area contributed by atoms with E-state index in [1.54, 1.807) is 24.5 Å². The lowest BCUT2D eigenvalue weighted by Crippen LogP contribution is -2.55. The molecule has 1 aliphatic rings. The van der Waals surface area contributed by atoms with Crippen LogP contribution in [0.2, 0.25) is 0 Å². The maximum atomic E-state index is 13.6. The summed E-state index contributed by atoms with van der Waals surface area (Å²) in [5, 5.41) is 3.14. The number of rotatable bonds is 6. The molecule has 1 atom stereocenters. The molecule has 0 aliphatic carbocycles. The highest BCUT2D eigenvalue weighted by Crippen LogP contribution is 2.37. The number of hydrogen-bond acceptors (Lipinski definition) is 3. The number of hydrogen-bond donors (Lipinski definition) is 1. The Morgan fingerprint density at radius 2 is 1.79 bits per heavy atom. The molecule has 2 aromatic carbocycles. The molecule has 5 heteroatoms. The number of nitrogens with one attached hydrogen (secondary N) is 1. The summed E-state index contributed by atoms with van der Waals surface area (Å²) in [6, 6.07) is 22.1. The first-order chi connectivity index (χ1) is 16.0. The van der Waals surface area contributed by atoms with Gasteiger partial charge in [-0.05, 0) is 61.9 Å². The average molecular weight is 442 g/mol. The molecule has 0 spiro atoms. The number of piperidine rings is 1. The van der Waals surface area contributed by atoms with Crippen LogP contribution in [0, 0.1) is 5.41 Å². The van der Waals surface area contributed by atoms with Gasteiger partial charge >= 0.3 is 0 Å². The lowest BCUT2D eigenvalue weighted by atomic mass is 9.73. The van der Waals surface area contributed by atoms with Crippen LogP contribution in [0.5, 0.6) is 0 Å². The number of nitrogens with zero attached hydrogens (tertiary/aromatic N) is 2. The molecule has 3 aromatic rings. The topological polar surface area (TPSA) is 62.3 Å². The standard InChI is InChI=1S/C28H31N3O2/c1-21(2)30-27(33)28(15-9-17-31(20-28)26(32)24-13-8-16-29-19-24)18-23-12-6-7-14-25(23)22-10-4-3-5-11-22/h3-8,10-14,16,19,21H,9,15,17-18,20H2,1-2H3,(H,30,33)/t28-/m1/s1. The maximum absolute atomic E-state index is 13.6.